The Labute approximate surface area is 51.4 Å². The van der Waals surface area contributed by atoms with Gasteiger partial charge in [-0.15, -0.1) is 0 Å². The van der Waals surface area contributed by atoms with E-state index in [2.05, 4.69) is 20.8 Å². The first-order chi connectivity index (χ1) is 3.12. The highest BCUT2D eigenvalue weighted by molar-refractivity contribution is 6.95. The van der Waals surface area contributed by atoms with Gasteiger partial charge in [0, 0.05) is 0 Å². The predicted octanol–water partition coefficient (Wildman–Crippen LogP) is 2.45. The topological polar surface area (TPSA) is 0 Å². The third kappa shape index (κ3) is 2.98. The van der Waals surface area contributed by atoms with E-state index in [4.69, 9.17) is 11.5 Å². The van der Waals surface area contributed by atoms with Gasteiger partial charge in [0.2, 0.25) is 6.69 Å². The Morgan fingerprint density at radius 1 is 1.57 bits per heavy atom. The van der Waals surface area contributed by atoms with Crippen molar-refractivity contribution in [2.24, 2.45) is 0 Å². The minimum Gasteiger partial charge on any atom is -0.203 e. The average Bonchev–Trinajstić information content (AvgIpc) is 1.68. The zero-order chi connectivity index (χ0) is 5.91. The maximum absolute atomic E-state index is 5.47. The van der Waals surface area contributed by atoms with Crippen LogP contribution in [0.25, 0.3) is 0 Å². The lowest BCUT2D eigenvalue weighted by Gasteiger charge is -2.15. The molecule has 1 radical (unpaired) electrons. The monoisotopic (exact) mass is 117 g/mol. The van der Waals surface area contributed by atoms with Crippen LogP contribution in [0.15, 0.2) is 0 Å². The van der Waals surface area contributed by atoms with Crippen molar-refractivity contribution in [2.45, 2.75) is 32.5 Å². The van der Waals surface area contributed by atoms with Crippen LogP contribution in [-0.2, 0) is 0 Å². The van der Waals surface area contributed by atoms with Crippen molar-refractivity contribution >= 4 is 18.2 Å². The summed E-state index contributed by atoms with van der Waals surface area (Å²) < 4.78 is 0. The fraction of sp³-hybridized carbons (Fsp3) is 1.00. The molecule has 2 heteroatoms. The van der Waals surface area contributed by atoms with Crippen molar-refractivity contribution in [1.82, 2.24) is 0 Å². The summed E-state index contributed by atoms with van der Waals surface area (Å²) in [7, 11) is 0. The van der Waals surface area contributed by atoms with Gasteiger partial charge in [0.25, 0.3) is 0 Å². The summed E-state index contributed by atoms with van der Waals surface area (Å²) >= 11 is 5.47. The maximum Gasteiger partial charge on any atom is 0.244 e. The summed E-state index contributed by atoms with van der Waals surface area (Å²) in [5.41, 5.74) is 0. The van der Waals surface area contributed by atoms with Gasteiger partial charge < -0.3 is 0 Å². The summed E-state index contributed by atoms with van der Waals surface area (Å²) in [5.74, 6) is 0. The Kier molecular flexibility index (Phi) is 2.74. The summed E-state index contributed by atoms with van der Waals surface area (Å²) in [6.45, 7) is 8.06. The number of rotatable bonds is 2. The lowest BCUT2D eigenvalue weighted by molar-refractivity contribution is 0.651. The first-order valence-corrected chi connectivity index (χ1v) is 3.00. The van der Waals surface area contributed by atoms with Crippen molar-refractivity contribution in [1.29, 1.82) is 0 Å². The molecule has 0 aliphatic rings. The Morgan fingerprint density at radius 2 is 2.00 bits per heavy atom. The summed E-state index contributed by atoms with van der Waals surface area (Å²) in [5, 5.41) is 0.224. The van der Waals surface area contributed by atoms with Crippen LogP contribution in [0.5, 0.6) is 0 Å². The van der Waals surface area contributed by atoms with Crippen molar-refractivity contribution in [3.8, 4) is 0 Å². The van der Waals surface area contributed by atoms with Crippen LogP contribution in [-0.4, -0.2) is 6.69 Å². The van der Waals surface area contributed by atoms with E-state index < -0.39 is 0 Å². The first kappa shape index (κ1) is 7.35. The molecule has 41 valence electrons. The third-order valence-electron chi connectivity index (χ3n) is 1.21. The normalized spacial score (nSPS) is 11.4. The zero-order valence-corrected chi connectivity index (χ0v) is 5.92. The molecule has 0 saturated carbocycles. The zero-order valence-electron chi connectivity index (χ0n) is 5.16. The molecule has 0 aromatic rings. The molecule has 0 nitrogen and oxygen atoms in total. The highest BCUT2D eigenvalue weighted by Gasteiger charge is 2.13. The molecular formula is C5H11BCl. The Bertz CT molecular complexity index is 46.0. The second-order valence-electron chi connectivity index (χ2n) is 2.45. The molecule has 0 spiro atoms. The van der Waals surface area contributed by atoms with Crippen molar-refractivity contribution in [3.63, 3.8) is 0 Å². The molecule has 0 unspecified atom stereocenters. The summed E-state index contributed by atoms with van der Waals surface area (Å²) in [6.07, 6.45) is 1.11. The van der Waals surface area contributed by atoms with E-state index in [1.165, 1.54) is 0 Å². The van der Waals surface area contributed by atoms with E-state index >= 15 is 0 Å². The van der Waals surface area contributed by atoms with Crippen LogP contribution in [0.2, 0.25) is 5.31 Å². The van der Waals surface area contributed by atoms with Gasteiger partial charge >= 0.3 is 0 Å². The molecule has 0 aromatic carbocycles. The molecule has 0 saturated heterocycles. The van der Waals surface area contributed by atoms with Gasteiger partial charge in [-0.05, 0) is 5.31 Å². The van der Waals surface area contributed by atoms with Crippen molar-refractivity contribution in [3.05, 3.63) is 0 Å². The highest BCUT2D eigenvalue weighted by atomic mass is 35.5. The van der Waals surface area contributed by atoms with Crippen LogP contribution < -0.4 is 0 Å². The molecule has 0 rings (SSSR count). The second kappa shape index (κ2) is 2.61. The van der Waals surface area contributed by atoms with Gasteiger partial charge in [0.1, 0.15) is 0 Å². The molecule has 0 N–H and O–H groups in total. The van der Waals surface area contributed by atoms with Gasteiger partial charge in [-0.1, -0.05) is 27.2 Å². The smallest absolute Gasteiger partial charge is 0.203 e. The summed E-state index contributed by atoms with van der Waals surface area (Å²) in [6, 6.07) is 0. The summed E-state index contributed by atoms with van der Waals surface area (Å²) in [4.78, 5) is 0. The molecule has 0 fully saturated rings. The molecule has 0 heterocycles. The molecular weight excluding hydrogens is 106 g/mol. The van der Waals surface area contributed by atoms with Crippen molar-refractivity contribution < 1.29 is 0 Å². The molecule has 0 aromatic heterocycles. The van der Waals surface area contributed by atoms with Gasteiger partial charge in [-0.2, -0.15) is 0 Å². The van der Waals surface area contributed by atoms with E-state index in [-0.39, 0.29) is 5.31 Å². The van der Waals surface area contributed by atoms with Crippen LogP contribution in [0.1, 0.15) is 27.2 Å². The SMILES string of the molecule is CCC(C)(C)[B]Cl. The third-order valence-corrected chi connectivity index (χ3v) is 1.80. The first-order valence-electron chi connectivity index (χ1n) is 2.57. The fourth-order valence-corrected chi connectivity index (χ4v) is 0.231. The largest absolute Gasteiger partial charge is 0.244 e. The van der Waals surface area contributed by atoms with Gasteiger partial charge in [-0.3, -0.25) is 0 Å². The average molecular weight is 117 g/mol. The van der Waals surface area contributed by atoms with Gasteiger partial charge in [0.05, 0.1) is 0 Å². The molecule has 0 atom stereocenters. The standard InChI is InChI=1S/C5H11BCl/c1-4-5(2,3)6-7/h4H2,1-3H3. The molecule has 0 bridgehead atoms. The minimum atomic E-state index is 0.224. The quantitative estimate of drug-likeness (QED) is 0.487. The van der Waals surface area contributed by atoms with Gasteiger partial charge in [0.15, 0.2) is 0 Å². The maximum atomic E-state index is 5.47. The Morgan fingerprint density at radius 3 is 2.00 bits per heavy atom. The van der Waals surface area contributed by atoms with Crippen LogP contribution in [0.4, 0.5) is 0 Å². The lowest BCUT2D eigenvalue weighted by Crippen LogP contribution is -2.04. The molecule has 0 aliphatic heterocycles. The highest BCUT2D eigenvalue weighted by Crippen LogP contribution is 2.27. The van der Waals surface area contributed by atoms with Crippen LogP contribution in [0.3, 0.4) is 0 Å². The van der Waals surface area contributed by atoms with E-state index in [1.807, 2.05) is 0 Å². The second-order valence-corrected chi connectivity index (χ2v) is 2.67. The van der Waals surface area contributed by atoms with E-state index in [0.717, 1.165) is 6.42 Å². The molecule has 0 aliphatic carbocycles. The molecule has 0 amide bonds. The van der Waals surface area contributed by atoms with Gasteiger partial charge in [-0.25, -0.2) is 11.5 Å². The van der Waals surface area contributed by atoms with Crippen LogP contribution >= 0.6 is 11.5 Å². The molecule has 7 heavy (non-hydrogen) atoms. The van der Waals surface area contributed by atoms with E-state index in [0.29, 0.717) is 0 Å². The van der Waals surface area contributed by atoms with Crippen LogP contribution in [0, 0.1) is 0 Å². The lowest BCUT2D eigenvalue weighted by atomic mass is 9.69. The minimum absolute atomic E-state index is 0.224. The Hall–Kier alpha value is 0.355. The fourth-order valence-electron chi connectivity index (χ4n) is 0.0772. The van der Waals surface area contributed by atoms with Crippen molar-refractivity contribution in [2.75, 3.05) is 0 Å². The van der Waals surface area contributed by atoms with E-state index in [9.17, 15) is 0 Å². The number of hydrogen-bond acceptors (Lipinski definition) is 0. The number of hydrogen-bond donors (Lipinski definition) is 0. The predicted molar refractivity (Wildman–Crippen MR) is 35.9 cm³/mol. The van der Waals surface area contributed by atoms with E-state index in [1.54, 1.807) is 6.69 Å². The number of halogens is 1. The Balaban J connectivity index is 3.36.